The largest absolute Gasteiger partial charge is 0.435 e. The Labute approximate surface area is 98.6 Å². The number of hydrogen-bond acceptors (Lipinski definition) is 3. The quantitative estimate of drug-likeness (QED) is 0.878. The number of H-pyrrole nitrogens is 1. The van der Waals surface area contributed by atoms with Crippen molar-refractivity contribution in [3.8, 4) is 11.6 Å². The fourth-order valence-corrected chi connectivity index (χ4v) is 1.36. The van der Waals surface area contributed by atoms with E-state index in [1.54, 1.807) is 6.07 Å². The molecule has 0 aliphatic carbocycles. The number of benzene rings is 1. The van der Waals surface area contributed by atoms with E-state index in [2.05, 4.69) is 16.8 Å². The summed E-state index contributed by atoms with van der Waals surface area (Å²) in [5.41, 5.74) is 1.23. The van der Waals surface area contributed by atoms with E-state index in [0.29, 0.717) is 11.4 Å². The summed E-state index contributed by atoms with van der Waals surface area (Å²) in [4.78, 5) is 11.7. The van der Waals surface area contributed by atoms with E-state index in [4.69, 9.17) is 4.74 Å². The normalized spacial score (nSPS) is 9.94. The predicted octanol–water partition coefficient (Wildman–Crippen LogP) is 2.51. The van der Waals surface area contributed by atoms with Crippen LogP contribution in [0.1, 0.15) is 11.3 Å². The van der Waals surface area contributed by atoms with Crippen molar-refractivity contribution >= 4 is 6.08 Å². The first kappa shape index (κ1) is 11.1. The number of aromatic amines is 1. The highest BCUT2D eigenvalue weighted by Crippen LogP contribution is 2.20. The second-order valence-electron chi connectivity index (χ2n) is 3.56. The Morgan fingerprint density at radius 2 is 2.18 bits per heavy atom. The third kappa shape index (κ3) is 2.42. The molecular formula is C13H12N2O2. The predicted molar refractivity (Wildman–Crippen MR) is 66.2 cm³/mol. The molecule has 0 saturated carbocycles. The third-order valence-electron chi connectivity index (χ3n) is 2.30. The second-order valence-corrected chi connectivity index (χ2v) is 3.56. The smallest absolute Gasteiger partial charge is 0.285 e. The Balaban J connectivity index is 2.34. The fourth-order valence-electron chi connectivity index (χ4n) is 1.36. The minimum absolute atomic E-state index is 0.0323. The number of nitrogens with zero attached hydrogens (tertiary/aromatic N) is 1. The monoisotopic (exact) mass is 228 g/mol. The van der Waals surface area contributed by atoms with Gasteiger partial charge in [-0.2, -0.15) is 0 Å². The number of aryl methyl sites for hydroxylation is 1. The lowest BCUT2D eigenvalue weighted by Gasteiger charge is -2.06. The number of rotatable bonds is 3. The van der Waals surface area contributed by atoms with Gasteiger partial charge < -0.3 is 4.74 Å². The summed E-state index contributed by atoms with van der Waals surface area (Å²) in [6.45, 7) is 5.45. The fraction of sp³-hybridized carbons (Fsp3) is 0.0769. The van der Waals surface area contributed by atoms with Crippen LogP contribution in [0.25, 0.3) is 6.08 Å². The number of aromatic nitrogens is 2. The van der Waals surface area contributed by atoms with Gasteiger partial charge in [-0.3, -0.25) is 9.89 Å². The van der Waals surface area contributed by atoms with Crippen molar-refractivity contribution in [2.24, 2.45) is 0 Å². The molecule has 0 spiro atoms. The van der Waals surface area contributed by atoms with Crippen LogP contribution >= 0.6 is 0 Å². The highest BCUT2D eigenvalue weighted by atomic mass is 16.5. The third-order valence-corrected chi connectivity index (χ3v) is 2.30. The van der Waals surface area contributed by atoms with Gasteiger partial charge in [-0.15, -0.1) is 5.10 Å². The van der Waals surface area contributed by atoms with Gasteiger partial charge in [0.2, 0.25) is 5.43 Å². The van der Waals surface area contributed by atoms with Crippen LogP contribution in [0.3, 0.4) is 0 Å². The molecule has 0 atom stereocenters. The molecule has 4 heteroatoms. The van der Waals surface area contributed by atoms with Crippen LogP contribution in [-0.4, -0.2) is 10.2 Å². The first-order valence-corrected chi connectivity index (χ1v) is 5.16. The van der Waals surface area contributed by atoms with Gasteiger partial charge in [0, 0.05) is 6.07 Å². The zero-order valence-electron chi connectivity index (χ0n) is 9.43. The SMILES string of the molecule is C=Cc1cc(=O)c(Oc2ccccc2C)n[nH]1. The molecule has 1 aromatic carbocycles. The molecule has 0 amide bonds. The molecule has 0 aliphatic rings. The first-order valence-electron chi connectivity index (χ1n) is 5.16. The minimum Gasteiger partial charge on any atom is -0.435 e. The lowest BCUT2D eigenvalue weighted by Crippen LogP contribution is -2.08. The topological polar surface area (TPSA) is 55.0 Å². The lowest BCUT2D eigenvalue weighted by atomic mass is 10.2. The molecule has 4 nitrogen and oxygen atoms in total. The average Bonchev–Trinajstić information content (AvgIpc) is 2.34. The summed E-state index contributed by atoms with van der Waals surface area (Å²) in [6, 6.07) is 8.84. The van der Waals surface area contributed by atoms with Crippen molar-refractivity contribution in [1.82, 2.24) is 10.2 Å². The van der Waals surface area contributed by atoms with Gasteiger partial charge in [0.25, 0.3) is 5.88 Å². The maximum atomic E-state index is 11.7. The number of ether oxygens (including phenoxy) is 1. The molecule has 1 N–H and O–H groups in total. The van der Waals surface area contributed by atoms with Crippen LogP contribution in [0.5, 0.6) is 11.6 Å². The molecule has 0 radical (unpaired) electrons. The summed E-state index contributed by atoms with van der Waals surface area (Å²) in [5.74, 6) is 0.654. The van der Waals surface area contributed by atoms with E-state index in [0.717, 1.165) is 5.56 Å². The van der Waals surface area contributed by atoms with Gasteiger partial charge in [-0.25, -0.2) is 0 Å². The zero-order chi connectivity index (χ0) is 12.3. The van der Waals surface area contributed by atoms with Crippen LogP contribution in [0.2, 0.25) is 0 Å². The molecule has 0 bridgehead atoms. The van der Waals surface area contributed by atoms with Crippen LogP contribution in [-0.2, 0) is 0 Å². The van der Waals surface area contributed by atoms with Crippen molar-refractivity contribution in [2.75, 3.05) is 0 Å². The average molecular weight is 228 g/mol. The van der Waals surface area contributed by atoms with Crippen molar-refractivity contribution in [2.45, 2.75) is 6.92 Å². The van der Waals surface area contributed by atoms with Crippen LogP contribution in [0.15, 0.2) is 41.7 Å². The van der Waals surface area contributed by atoms with Crippen molar-refractivity contribution in [3.63, 3.8) is 0 Å². The van der Waals surface area contributed by atoms with E-state index in [-0.39, 0.29) is 11.3 Å². The standard InChI is InChI=1S/C13H12N2O2/c1-3-10-8-11(16)13(15-14-10)17-12-7-5-4-6-9(12)2/h3-8H,1H2,2H3,(H,14,16). The molecular weight excluding hydrogens is 216 g/mol. The van der Waals surface area contributed by atoms with E-state index in [1.165, 1.54) is 12.1 Å². The molecule has 0 saturated heterocycles. The van der Waals surface area contributed by atoms with Gasteiger partial charge in [-0.1, -0.05) is 24.8 Å². The second kappa shape index (κ2) is 4.65. The van der Waals surface area contributed by atoms with Crippen molar-refractivity contribution in [3.05, 3.63) is 58.4 Å². The Morgan fingerprint density at radius 1 is 1.41 bits per heavy atom. The molecule has 17 heavy (non-hydrogen) atoms. The maximum absolute atomic E-state index is 11.7. The number of para-hydroxylation sites is 1. The molecule has 0 unspecified atom stereocenters. The molecule has 1 aromatic heterocycles. The summed E-state index contributed by atoms with van der Waals surface area (Å²) < 4.78 is 5.45. The highest BCUT2D eigenvalue weighted by Gasteiger charge is 2.06. The van der Waals surface area contributed by atoms with Gasteiger partial charge >= 0.3 is 0 Å². The van der Waals surface area contributed by atoms with Crippen LogP contribution < -0.4 is 10.2 Å². The van der Waals surface area contributed by atoms with Gasteiger partial charge in [0.1, 0.15) is 5.75 Å². The lowest BCUT2D eigenvalue weighted by molar-refractivity contribution is 0.446. The summed E-state index contributed by atoms with van der Waals surface area (Å²) >= 11 is 0. The maximum Gasteiger partial charge on any atom is 0.285 e. The van der Waals surface area contributed by atoms with E-state index >= 15 is 0 Å². The van der Waals surface area contributed by atoms with Crippen LogP contribution in [0.4, 0.5) is 0 Å². The molecule has 1 heterocycles. The van der Waals surface area contributed by atoms with Crippen LogP contribution in [0, 0.1) is 6.92 Å². The van der Waals surface area contributed by atoms with Gasteiger partial charge in [0.15, 0.2) is 0 Å². The Bertz CT molecular complexity index is 602. The van der Waals surface area contributed by atoms with Crippen molar-refractivity contribution < 1.29 is 4.74 Å². The van der Waals surface area contributed by atoms with Gasteiger partial charge in [-0.05, 0) is 24.6 Å². The number of nitrogens with one attached hydrogen (secondary N) is 1. The summed E-state index contributed by atoms with van der Waals surface area (Å²) in [7, 11) is 0. The molecule has 86 valence electrons. The van der Waals surface area contributed by atoms with Gasteiger partial charge in [0.05, 0.1) is 5.69 Å². The van der Waals surface area contributed by atoms with E-state index in [9.17, 15) is 4.79 Å². The Kier molecular flexibility index (Phi) is 3.05. The zero-order valence-corrected chi connectivity index (χ0v) is 9.43. The van der Waals surface area contributed by atoms with E-state index in [1.807, 2.05) is 25.1 Å². The molecule has 2 aromatic rings. The number of hydrogen-bond donors (Lipinski definition) is 1. The first-order chi connectivity index (χ1) is 8.20. The summed E-state index contributed by atoms with van der Waals surface area (Å²) in [5, 5.41) is 6.53. The molecule has 2 rings (SSSR count). The van der Waals surface area contributed by atoms with E-state index < -0.39 is 0 Å². The minimum atomic E-state index is -0.276. The molecule has 0 fully saturated rings. The summed E-state index contributed by atoms with van der Waals surface area (Å²) in [6.07, 6.45) is 1.52. The van der Waals surface area contributed by atoms with Crippen molar-refractivity contribution in [1.29, 1.82) is 0 Å². The molecule has 0 aliphatic heterocycles. The Morgan fingerprint density at radius 3 is 2.82 bits per heavy atom. The Hall–Kier alpha value is -2.36. The highest BCUT2D eigenvalue weighted by molar-refractivity contribution is 5.41.